The molecule has 144 valence electrons. The summed E-state index contributed by atoms with van der Waals surface area (Å²) in [6.07, 6.45) is 4.42. The Morgan fingerprint density at radius 3 is 2.96 bits per heavy atom. The SMILES string of the molecule is C[C@H]1CCc2c(sc3nc(SCCC#N)n(CCc4ccccc4)c(=O)c23)C1. The van der Waals surface area contributed by atoms with Gasteiger partial charge in [0.05, 0.1) is 11.5 Å². The molecule has 0 spiro atoms. The molecule has 0 unspecified atom stereocenters. The van der Waals surface area contributed by atoms with Crippen LogP contribution in [0.4, 0.5) is 0 Å². The molecule has 2 heterocycles. The fourth-order valence-electron chi connectivity index (χ4n) is 3.79. The molecule has 0 fully saturated rings. The van der Waals surface area contributed by atoms with Gasteiger partial charge in [0, 0.05) is 23.6 Å². The van der Waals surface area contributed by atoms with Crippen LogP contribution < -0.4 is 5.56 Å². The van der Waals surface area contributed by atoms with Crippen molar-refractivity contribution in [1.29, 1.82) is 5.26 Å². The highest BCUT2D eigenvalue weighted by atomic mass is 32.2. The summed E-state index contributed by atoms with van der Waals surface area (Å²) < 4.78 is 1.84. The molecule has 1 aliphatic rings. The maximum atomic E-state index is 13.5. The second-order valence-corrected chi connectivity index (χ2v) is 9.52. The van der Waals surface area contributed by atoms with Crippen LogP contribution in [0.5, 0.6) is 0 Å². The third-order valence-electron chi connectivity index (χ3n) is 5.29. The Bertz CT molecular complexity index is 1080. The van der Waals surface area contributed by atoms with Gasteiger partial charge in [-0.25, -0.2) is 4.98 Å². The molecule has 0 saturated carbocycles. The van der Waals surface area contributed by atoms with Gasteiger partial charge in [-0.15, -0.1) is 11.3 Å². The van der Waals surface area contributed by atoms with Gasteiger partial charge in [0.15, 0.2) is 5.16 Å². The van der Waals surface area contributed by atoms with E-state index in [0.717, 1.165) is 41.1 Å². The second kappa shape index (κ2) is 8.50. The smallest absolute Gasteiger partial charge is 0.263 e. The maximum absolute atomic E-state index is 13.5. The van der Waals surface area contributed by atoms with E-state index in [-0.39, 0.29) is 5.56 Å². The summed E-state index contributed by atoms with van der Waals surface area (Å²) in [5, 5.41) is 10.5. The summed E-state index contributed by atoms with van der Waals surface area (Å²) in [4.78, 5) is 20.6. The molecular weight excluding hydrogens is 386 g/mol. The Morgan fingerprint density at radius 1 is 1.36 bits per heavy atom. The number of hydrogen-bond donors (Lipinski definition) is 0. The lowest BCUT2D eigenvalue weighted by molar-refractivity contribution is 0.508. The van der Waals surface area contributed by atoms with Crippen molar-refractivity contribution >= 4 is 33.3 Å². The Kier molecular flexibility index (Phi) is 5.84. The van der Waals surface area contributed by atoms with E-state index in [1.165, 1.54) is 27.8 Å². The standard InChI is InChI=1S/C22H23N3OS2/c1-15-8-9-17-18(14-15)28-20-19(17)21(26)25(22(24-20)27-13-5-11-23)12-10-16-6-3-2-4-7-16/h2-4,6-7,15H,5,8-10,12-14H2,1H3/t15-/m0/s1. The number of hydrogen-bond acceptors (Lipinski definition) is 5. The van der Waals surface area contributed by atoms with Crippen molar-refractivity contribution in [2.24, 2.45) is 5.92 Å². The minimum atomic E-state index is 0.0902. The van der Waals surface area contributed by atoms with E-state index in [0.29, 0.717) is 24.6 Å². The van der Waals surface area contributed by atoms with E-state index in [1.807, 2.05) is 22.8 Å². The van der Waals surface area contributed by atoms with E-state index in [2.05, 4.69) is 25.1 Å². The number of rotatable bonds is 6. The number of aryl methyl sites for hydroxylation is 2. The van der Waals surface area contributed by atoms with Crippen molar-refractivity contribution in [1.82, 2.24) is 9.55 Å². The third kappa shape index (κ3) is 3.87. The van der Waals surface area contributed by atoms with Gasteiger partial charge in [0.25, 0.3) is 5.56 Å². The zero-order valence-corrected chi connectivity index (χ0v) is 17.6. The molecule has 0 bridgehead atoms. The fourth-order valence-corrected chi connectivity index (χ4v) is 6.08. The van der Waals surface area contributed by atoms with Crippen molar-refractivity contribution < 1.29 is 0 Å². The number of fused-ring (bicyclic) bond motifs is 3. The molecule has 3 aromatic rings. The molecule has 0 N–H and O–H groups in total. The van der Waals surface area contributed by atoms with Gasteiger partial charge in [-0.1, -0.05) is 49.0 Å². The summed E-state index contributed by atoms with van der Waals surface area (Å²) in [5.74, 6) is 1.33. The van der Waals surface area contributed by atoms with Crippen molar-refractivity contribution in [2.75, 3.05) is 5.75 Å². The van der Waals surface area contributed by atoms with Crippen molar-refractivity contribution in [3.8, 4) is 6.07 Å². The molecule has 1 atom stereocenters. The molecule has 0 amide bonds. The topological polar surface area (TPSA) is 58.7 Å². The van der Waals surface area contributed by atoms with Crippen molar-refractivity contribution in [3.05, 3.63) is 56.7 Å². The predicted molar refractivity (Wildman–Crippen MR) is 116 cm³/mol. The molecule has 0 aliphatic heterocycles. The Hall–Kier alpha value is -2.10. The van der Waals surface area contributed by atoms with E-state index in [4.69, 9.17) is 10.2 Å². The van der Waals surface area contributed by atoms with Crippen LogP contribution in [-0.2, 0) is 25.8 Å². The molecule has 0 saturated heterocycles. The second-order valence-electron chi connectivity index (χ2n) is 7.38. The molecule has 6 heteroatoms. The summed E-state index contributed by atoms with van der Waals surface area (Å²) in [6.45, 7) is 2.89. The summed E-state index contributed by atoms with van der Waals surface area (Å²) in [5.41, 5.74) is 2.54. The lowest BCUT2D eigenvalue weighted by atomic mass is 9.89. The molecule has 0 radical (unpaired) electrons. The highest BCUT2D eigenvalue weighted by Gasteiger charge is 2.24. The predicted octanol–water partition coefficient (Wildman–Crippen LogP) is 4.83. The van der Waals surface area contributed by atoms with Crippen LogP contribution in [0.15, 0.2) is 40.3 Å². The minimum Gasteiger partial charge on any atom is -0.287 e. The number of benzene rings is 1. The summed E-state index contributed by atoms with van der Waals surface area (Å²) >= 11 is 3.21. The Labute approximate surface area is 173 Å². The average Bonchev–Trinajstić information content (AvgIpc) is 3.06. The first-order valence-electron chi connectivity index (χ1n) is 9.76. The van der Waals surface area contributed by atoms with Crippen LogP contribution in [0.3, 0.4) is 0 Å². The molecule has 2 aromatic heterocycles. The fraction of sp³-hybridized carbons (Fsp3) is 0.409. The number of aromatic nitrogens is 2. The van der Waals surface area contributed by atoms with Crippen LogP contribution in [0.25, 0.3) is 10.2 Å². The van der Waals surface area contributed by atoms with Crippen LogP contribution in [0, 0.1) is 17.2 Å². The summed E-state index contributed by atoms with van der Waals surface area (Å²) in [6, 6.07) is 12.4. The summed E-state index contributed by atoms with van der Waals surface area (Å²) in [7, 11) is 0. The average molecular weight is 410 g/mol. The first kappa shape index (κ1) is 19.2. The quantitative estimate of drug-likeness (QED) is 0.332. The third-order valence-corrected chi connectivity index (χ3v) is 7.42. The number of nitrogens with zero attached hydrogens (tertiary/aromatic N) is 3. The maximum Gasteiger partial charge on any atom is 0.263 e. The normalized spacial score (nSPS) is 16.1. The van der Waals surface area contributed by atoms with Gasteiger partial charge in [-0.3, -0.25) is 9.36 Å². The number of thiophene rings is 1. The highest BCUT2D eigenvalue weighted by Crippen LogP contribution is 2.36. The van der Waals surface area contributed by atoms with Gasteiger partial charge >= 0.3 is 0 Å². The van der Waals surface area contributed by atoms with Gasteiger partial charge < -0.3 is 0 Å². The first-order valence-corrected chi connectivity index (χ1v) is 11.6. The largest absolute Gasteiger partial charge is 0.287 e. The van der Waals surface area contributed by atoms with Crippen LogP contribution in [0.2, 0.25) is 0 Å². The van der Waals surface area contributed by atoms with Gasteiger partial charge in [-0.2, -0.15) is 5.26 Å². The van der Waals surface area contributed by atoms with Gasteiger partial charge in [0.1, 0.15) is 4.83 Å². The monoisotopic (exact) mass is 409 g/mol. The lowest BCUT2D eigenvalue weighted by Crippen LogP contribution is -2.25. The molecule has 4 nitrogen and oxygen atoms in total. The van der Waals surface area contributed by atoms with E-state index >= 15 is 0 Å². The zero-order valence-electron chi connectivity index (χ0n) is 16.0. The van der Waals surface area contributed by atoms with E-state index in [1.54, 1.807) is 11.3 Å². The van der Waals surface area contributed by atoms with Crippen molar-refractivity contribution in [3.63, 3.8) is 0 Å². The first-order chi connectivity index (χ1) is 13.7. The Balaban J connectivity index is 1.75. The molecular formula is C22H23N3OS2. The zero-order chi connectivity index (χ0) is 19.5. The lowest BCUT2D eigenvalue weighted by Gasteiger charge is -2.17. The van der Waals surface area contributed by atoms with Gasteiger partial charge in [0.2, 0.25) is 0 Å². The molecule has 4 rings (SSSR count). The Morgan fingerprint density at radius 2 is 2.18 bits per heavy atom. The van der Waals surface area contributed by atoms with E-state index in [9.17, 15) is 4.79 Å². The van der Waals surface area contributed by atoms with E-state index < -0.39 is 0 Å². The van der Waals surface area contributed by atoms with Crippen LogP contribution in [0.1, 0.15) is 35.8 Å². The molecule has 1 aromatic carbocycles. The number of thioether (sulfide) groups is 1. The molecule has 28 heavy (non-hydrogen) atoms. The van der Waals surface area contributed by atoms with Crippen LogP contribution in [-0.4, -0.2) is 15.3 Å². The van der Waals surface area contributed by atoms with Crippen LogP contribution >= 0.6 is 23.1 Å². The molecule has 1 aliphatic carbocycles. The number of nitriles is 1. The van der Waals surface area contributed by atoms with Gasteiger partial charge in [-0.05, 0) is 42.7 Å². The minimum absolute atomic E-state index is 0.0902. The van der Waals surface area contributed by atoms with Crippen molar-refractivity contribution in [2.45, 2.75) is 50.7 Å². The highest BCUT2D eigenvalue weighted by molar-refractivity contribution is 7.99.